The Morgan fingerprint density at radius 2 is 1.54 bits per heavy atom. The maximum absolute atomic E-state index is 11.4. The number of hydrogen-bond donors (Lipinski definition) is 3. The number of para-hydroxylation sites is 1. The summed E-state index contributed by atoms with van der Waals surface area (Å²) in [5, 5.41) is 19.8. The molecule has 28 heavy (non-hydrogen) atoms. The molecule has 0 aliphatic heterocycles. The molecule has 3 N–H and O–H groups in total. The molecular weight excluding hydrogens is 410 g/mol. The number of benzene rings is 3. The van der Waals surface area contributed by atoms with E-state index in [-0.39, 0.29) is 27.8 Å². The van der Waals surface area contributed by atoms with Crippen LogP contribution >= 0.6 is 0 Å². The smallest absolute Gasteiger partial charge is 0.294 e. The lowest BCUT2D eigenvalue weighted by Crippen LogP contribution is -2.00. The molecule has 0 heterocycles. The summed E-state index contributed by atoms with van der Waals surface area (Å²) in [6.45, 7) is 0. The highest BCUT2D eigenvalue weighted by atomic mass is 32.2. The van der Waals surface area contributed by atoms with E-state index in [0.717, 1.165) is 24.3 Å². The fraction of sp³-hybridized carbons (Fsp3) is 0. The standard InChI is InChI=1S/C17H13NO8S2/c19-15-4-2-1-3-10(15)9-18-14-7-12(27(21,22)23)5-11-6-13(28(24,25)26)8-16(20)17(11)14/h1-9,19-20H,(H,21,22,23)(H,24,25,26)/p-1. The fourth-order valence-corrected chi connectivity index (χ4v) is 3.61. The third-order valence-electron chi connectivity index (χ3n) is 3.82. The van der Waals surface area contributed by atoms with E-state index in [1.54, 1.807) is 12.1 Å². The SMILES string of the molecule is O=S(=O)([O-])c1cc(N=Cc2ccccc2O)c2c(O)cc(S(=O)(=O)O)cc2c1. The summed E-state index contributed by atoms with van der Waals surface area (Å²) >= 11 is 0. The van der Waals surface area contributed by atoms with E-state index < -0.39 is 35.8 Å². The zero-order chi connectivity index (χ0) is 20.7. The Morgan fingerprint density at radius 1 is 0.893 bits per heavy atom. The topological polar surface area (TPSA) is 164 Å². The van der Waals surface area contributed by atoms with Gasteiger partial charge in [-0.1, -0.05) is 12.1 Å². The highest BCUT2D eigenvalue weighted by Crippen LogP contribution is 2.38. The summed E-state index contributed by atoms with van der Waals surface area (Å²) in [6.07, 6.45) is 1.18. The first kappa shape index (κ1) is 19.8. The van der Waals surface area contributed by atoms with Gasteiger partial charge in [-0.3, -0.25) is 9.55 Å². The maximum atomic E-state index is 11.4. The molecule has 9 nitrogen and oxygen atoms in total. The van der Waals surface area contributed by atoms with Gasteiger partial charge in [0, 0.05) is 23.2 Å². The van der Waals surface area contributed by atoms with E-state index in [2.05, 4.69) is 4.99 Å². The first-order chi connectivity index (χ1) is 13.0. The summed E-state index contributed by atoms with van der Waals surface area (Å²) in [6, 6.07) is 9.56. The molecule has 0 aliphatic carbocycles. The molecule has 3 rings (SSSR count). The van der Waals surface area contributed by atoms with Crippen LogP contribution in [0.1, 0.15) is 5.56 Å². The van der Waals surface area contributed by atoms with Crippen molar-refractivity contribution in [1.82, 2.24) is 0 Å². The van der Waals surface area contributed by atoms with E-state index in [1.807, 2.05) is 0 Å². The zero-order valence-corrected chi connectivity index (χ0v) is 15.5. The Labute approximate surface area is 159 Å². The monoisotopic (exact) mass is 422 g/mol. The molecule has 0 aromatic heterocycles. The second kappa shape index (κ2) is 6.87. The highest BCUT2D eigenvalue weighted by molar-refractivity contribution is 7.86. The van der Waals surface area contributed by atoms with Crippen molar-refractivity contribution in [2.45, 2.75) is 9.79 Å². The van der Waals surface area contributed by atoms with Crippen molar-refractivity contribution in [1.29, 1.82) is 0 Å². The van der Waals surface area contributed by atoms with Gasteiger partial charge in [-0.15, -0.1) is 0 Å². The van der Waals surface area contributed by atoms with Crippen molar-refractivity contribution in [3.63, 3.8) is 0 Å². The largest absolute Gasteiger partial charge is 0.744 e. The van der Waals surface area contributed by atoms with Gasteiger partial charge in [0.1, 0.15) is 21.6 Å². The van der Waals surface area contributed by atoms with Crippen LogP contribution in [0.25, 0.3) is 10.8 Å². The van der Waals surface area contributed by atoms with E-state index in [0.29, 0.717) is 0 Å². The van der Waals surface area contributed by atoms with Gasteiger partial charge in [-0.2, -0.15) is 8.42 Å². The third kappa shape index (κ3) is 3.97. The third-order valence-corrected chi connectivity index (χ3v) is 5.46. The molecule has 0 atom stereocenters. The second-order valence-corrected chi connectivity index (χ2v) is 8.53. The van der Waals surface area contributed by atoms with Gasteiger partial charge in [0.05, 0.1) is 15.5 Å². The molecule has 0 unspecified atom stereocenters. The molecule has 0 saturated carbocycles. The summed E-state index contributed by atoms with van der Waals surface area (Å²) in [7, 11) is -9.63. The predicted octanol–water partition coefficient (Wildman–Crippen LogP) is 2.15. The Hall–Kier alpha value is -2.99. The van der Waals surface area contributed by atoms with Gasteiger partial charge in [0.15, 0.2) is 0 Å². The van der Waals surface area contributed by atoms with Crippen molar-refractivity contribution < 1.29 is 36.2 Å². The van der Waals surface area contributed by atoms with Crippen molar-refractivity contribution in [3.05, 3.63) is 54.1 Å². The van der Waals surface area contributed by atoms with Crippen molar-refractivity contribution in [2.75, 3.05) is 0 Å². The van der Waals surface area contributed by atoms with Crippen LogP contribution in [0.5, 0.6) is 11.5 Å². The molecule has 0 spiro atoms. The molecule has 0 saturated heterocycles. The zero-order valence-electron chi connectivity index (χ0n) is 13.8. The number of nitrogens with zero attached hydrogens (tertiary/aromatic N) is 1. The number of aromatic hydroxyl groups is 2. The summed E-state index contributed by atoms with van der Waals surface area (Å²) < 4.78 is 66.2. The van der Waals surface area contributed by atoms with E-state index in [4.69, 9.17) is 0 Å². The number of phenolic OH excluding ortho intramolecular Hbond substituents is 2. The van der Waals surface area contributed by atoms with Crippen LogP contribution in [0, 0.1) is 0 Å². The van der Waals surface area contributed by atoms with Crippen LogP contribution in [0.3, 0.4) is 0 Å². The minimum atomic E-state index is -4.94. The minimum absolute atomic E-state index is 0.0496. The lowest BCUT2D eigenvalue weighted by Gasteiger charge is -2.12. The lowest BCUT2D eigenvalue weighted by atomic mass is 10.1. The van der Waals surface area contributed by atoms with Crippen LogP contribution in [0.4, 0.5) is 5.69 Å². The molecule has 146 valence electrons. The molecule has 11 heteroatoms. The number of fused-ring (bicyclic) bond motifs is 1. The van der Waals surface area contributed by atoms with Crippen molar-refractivity contribution in [2.24, 2.45) is 4.99 Å². The van der Waals surface area contributed by atoms with Crippen molar-refractivity contribution >= 4 is 42.9 Å². The van der Waals surface area contributed by atoms with Gasteiger partial charge >= 0.3 is 0 Å². The Bertz CT molecular complexity index is 1320. The van der Waals surface area contributed by atoms with E-state index >= 15 is 0 Å². The predicted molar refractivity (Wildman–Crippen MR) is 98.8 cm³/mol. The minimum Gasteiger partial charge on any atom is -0.744 e. The van der Waals surface area contributed by atoms with Crippen LogP contribution in [0.15, 0.2) is 63.3 Å². The number of rotatable bonds is 4. The first-order valence-corrected chi connectivity index (χ1v) is 10.4. The average Bonchev–Trinajstić information content (AvgIpc) is 2.58. The molecule has 3 aromatic rings. The van der Waals surface area contributed by atoms with Gasteiger partial charge < -0.3 is 14.8 Å². The van der Waals surface area contributed by atoms with Crippen LogP contribution in [-0.2, 0) is 20.2 Å². The number of aliphatic imine (C=N–C) groups is 1. The van der Waals surface area contributed by atoms with E-state index in [1.165, 1.54) is 18.3 Å². The maximum Gasteiger partial charge on any atom is 0.294 e. The highest BCUT2D eigenvalue weighted by Gasteiger charge is 2.17. The Morgan fingerprint density at radius 3 is 2.14 bits per heavy atom. The molecule has 3 aromatic carbocycles. The fourth-order valence-electron chi connectivity index (χ4n) is 2.55. The lowest BCUT2D eigenvalue weighted by molar-refractivity contribution is 0.462. The van der Waals surface area contributed by atoms with Gasteiger partial charge in [-0.25, -0.2) is 8.42 Å². The van der Waals surface area contributed by atoms with Crippen LogP contribution < -0.4 is 0 Å². The molecule has 0 bridgehead atoms. The second-order valence-electron chi connectivity index (χ2n) is 5.73. The van der Waals surface area contributed by atoms with E-state index in [9.17, 15) is 36.2 Å². The quantitative estimate of drug-likeness (QED) is 0.425. The molecular formula is C17H12NO8S2-. The summed E-state index contributed by atoms with van der Waals surface area (Å²) in [5.74, 6) is -0.717. The average molecular weight is 422 g/mol. The number of phenols is 2. The molecule has 0 fully saturated rings. The van der Waals surface area contributed by atoms with Crippen LogP contribution in [0.2, 0.25) is 0 Å². The van der Waals surface area contributed by atoms with Crippen molar-refractivity contribution in [3.8, 4) is 11.5 Å². The summed E-state index contributed by atoms with van der Waals surface area (Å²) in [4.78, 5) is 2.63. The van der Waals surface area contributed by atoms with Gasteiger partial charge in [0.25, 0.3) is 10.1 Å². The first-order valence-electron chi connectivity index (χ1n) is 7.53. The summed E-state index contributed by atoms with van der Waals surface area (Å²) in [5.41, 5.74) is 0.120. The molecule has 0 radical (unpaired) electrons. The normalized spacial score (nSPS) is 12.6. The van der Waals surface area contributed by atoms with Crippen LogP contribution in [-0.4, -0.2) is 42.4 Å². The van der Waals surface area contributed by atoms with Gasteiger partial charge in [0.2, 0.25) is 0 Å². The Balaban J connectivity index is 2.33. The molecule has 0 amide bonds. The number of hydrogen-bond acceptors (Lipinski definition) is 8. The van der Waals surface area contributed by atoms with Gasteiger partial charge in [-0.05, 0) is 35.7 Å². The molecule has 0 aliphatic rings. The Kier molecular flexibility index (Phi) is 4.85.